The van der Waals surface area contributed by atoms with Gasteiger partial charge in [0.25, 0.3) is 0 Å². The molecule has 7 N–H and O–H groups in total. The van der Waals surface area contributed by atoms with E-state index in [4.69, 9.17) is 11.5 Å². The summed E-state index contributed by atoms with van der Waals surface area (Å²) < 4.78 is 0. The fourth-order valence-electron chi connectivity index (χ4n) is 8.43. The van der Waals surface area contributed by atoms with Crippen molar-refractivity contribution in [3.63, 3.8) is 0 Å². The van der Waals surface area contributed by atoms with Crippen molar-refractivity contribution in [2.24, 2.45) is 22.8 Å². The molecule has 1 aliphatic carbocycles. The summed E-state index contributed by atoms with van der Waals surface area (Å²) in [6.07, 6.45) is 9.92. The number of nitrogens with one attached hydrogen (secondary N) is 3. The maximum absolute atomic E-state index is 14.0. The van der Waals surface area contributed by atoms with E-state index in [1.54, 1.807) is 0 Å². The van der Waals surface area contributed by atoms with Gasteiger partial charge in [0.2, 0.25) is 23.6 Å². The maximum Gasteiger partial charge on any atom is 0.245 e. The second kappa shape index (κ2) is 19.5. The zero-order chi connectivity index (χ0) is 37.8. The molecule has 2 aromatic carbocycles. The summed E-state index contributed by atoms with van der Waals surface area (Å²) in [5.41, 5.74) is 14.2. The quantitative estimate of drug-likeness (QED) is 0.147. The van der Waals surface area contributed by atoms with Crippen molar-refractivity contribution < 1.29 is 19.2 Å². The van der Waals surface area contributed by atoms with Crippen molar-refractivity contribution in [3.8, 4) is 0 Å². The molecule has 0 bridgehead atoms. The van der Waals surface area contributed by atoms with Crippen molar-refractivity contribution in [2.75, 3.05) is 32.7 Å². The van der Waals surface area contributed by atoms with Crippen molar-refractivity contribution in [3.05, 3.63) is 71.8 Å². The first-order valence-electron chi connectivity index (χ1n) is 20.0. The molecule has 4 atom stereocenters. The van der Waals surface area contributed by atoms with Crippen LogP contribution in [0.15, 0.2) is 60.7 Å². The molecule has 2 aliphatic heterocycles. The van der Waals surface area contributed by atoms with E-state index >= 15 is 0 Å². The van der Waals surface area contributed by atoms with Crippen LogP contribution in [0.3, 0.4) is 0 Å². The standard InChI is InChI=1S/C42H63N7O4/c1-30(2)25-36(47-40(52)37(27-32-15-7-4-8-16-32)46-38(50)34(44)26-31-13-5-3-6-14-31)39(51)45-35(17-9-10-20-43)41(53)49-23-18-42(19-24-49)28-33(29-42)48-21-11-12-22-48/h3-8,13-16,30,33-37H,9-12,17-29,43-44H2,1-2H3,(H,45,51)(H,46,50)(H,47,52)/t34-,35-,36-,37-/m1/s1. The molecule has 3 aliphatic rings. The molecular weight excluding hydrogens is 667 g/mol. The Kier molecular flexibility index (Phi) is 14.9. The minimum Gasteiger partial charge on any atom is -0.343 e. The van der Waals surface area contributed by atoms with Gasteiger partial charge >= 0.3 is 0 Å². The third-order valence-corrected chi connectivity index (χ3v) is 11.6. The van der Waals surface area contributed by atoms with Gasteiger partial charge in [-0.1, -0.05) is 74.5 Å². The summed E-state index contributed by atoms with van der Waals surface area (Å²) >= 11 is 0. The van der Waals surface area contributed by atoms with Gasteiger partial charge in [0.15, 0.2) is 0 Å². The number of hydrogen-bond acceptors (Lipinski definition) is 7. The second-order valence-electron chi connectivity index (χ2n) is 16.2. The van der Waals surface area contributed by atoms with Crippen molar-refractivity contribution in [1.82, 2.24) is 25.8 Å². The number of nitrogens with zero attached hydrogens (tertiary/aromatic N) is 2. The number of rotatable bonds is 18. The van der Waals surface area contributed by atoms with Crippen LogP contribution in [-0.2, 0) is 32.0 Å². The lowest BCUT2D eigenvalue weighted by Gasteiger charge is -2.55. The average molecular weight is 730 g/mol. The lowest BCUT2D eigenvalue weighted by Crippen LogP contribution is -2.60. The van der Waals surface area contributed by atoms with Crippen LogP contribution in [0, 0.1) is 11.3 Å². The van der Waals surface area contributed by atoms with Crippen LogP contribution in [0.1, 0.15) is 89.2 Å². The normalized spacial score (nSPS) is 19.6. The minimum absolute atomic E-state index is 0.0584. The molecule has 1 saturated carbocycles. The fourth-order valence-corrected chi connectivity index (χ4v) is 8.43. The van der Waals surface area contributed by atoms with E-state index in [2.05, 4.69) is 20.9 Å². The van der Waals surface area contributed by atoms with Crippen molar-refractivity contribution in [1.29, 1.82) is 0 Å². The number of nitrogens with two attached hydrogens (primary N) is 2. The molecule has 2 heterocycles. The number of benzene rings is 2. The Balaban J connectivity index is 1.23. The summed E-state index contributed by atoms with van der Waals surface area (Å²) in [4.78, 5) is 60.0. The molecule has 11 nitrogen and oxygen atoms in total. The third-order valence-electron chi connectivity index (χ3n) is 11.6. The Bertz CT molecular complexity index is 1470. The van der Waals surface area contributed by atoms with Gasteiger partial charge in [-0.2, -0.15) is 0 Å². The van der Waals surface area contributed by atoms with Gasteiger partial charge < -0.3 is 37.2 Å². The highest BCUT2D eigenvalue weighted by molar-refractivity contribution is 5.95. The molecule has 2 aromatic rings. The highest BCUT2D eigenvalue weighted by Gasteiger charge is 2.49. The second-order valence-corrected chi connectivity index (χ2v) is 16.2. The Morgan fingerprint density at radius 1 is 0.736 bits per heavy atom. The molecule has 290 valence electrons. The van der Waals surface area contributed by atoms with E-state index in [1.165, 1.54) is 38.8 Å². The molecule has 11 heteroatoms. The number of carbonyl (C=O) groups is 4. The molecule has 1 spiro atoms. The average Bonchev–Trinajstić information content (AvgIpc) is 3.68. The first-order chi connectivity index (χ1) is 25.6. The van der Waals surface area contributed by atoms with E-state index in [0.717, 1.165) is 30.4 Å². The van der Waals surface area contributed by atoms with E-state index in [0.29, 0.717) is 56.8 Å². The minimum atomic E-state index is -0.964. The number of amides is 4. The van der Waals surface area contributed by atoms with Crippen LogP contribution in [-0.4, -0.2) is 96.4 Å². The van der Waals surface area contributed by atoms with Gasteiger partial charge in [0.1, 0.15) is 18.1 Å². The van der Waals surface area contributed by atoms with Gasteiger partial charge in [-0.3, -0.25) is 19.2 Å². The van der Waals surface area contributed by atoms with Crippen molar-refractivity contribution >= 4 is 23.6 Å². The number of unbranched alkanes of at least 4 members (excludes halogenated alkanes) is 1. The number of carbonyl (C=O) groups excluding carboxylic acids is 4. The van der Waals surface area contributed by atoms with Crippen LogP contribution in [0.2, 0.25) is 0 Å². The first kappa shape index (κ1) is 40.4. The van der Waals surface area contributed by atoms with Gasteiger partial charge in [0.05, 0.1) is 6.04 Å². The maximum atomic E-state index is 14.0. The van der Waals surface area contributed by atoms with Gasteiger partial charge in [-0.15, -0.1) is 0 Å². The van der Waals surface area contributed by atoms with E-state index in [-0.39, 0.29) is 18.2 Å². The van der Waals surface area contributed by atoms with E-state index < -0.39 is 41.9 Å². The lowest BCUT2D eigenvalue weighted by molar-refractivity contribution is -0.141. The molecule has 0 aromatic heterocycles. The molecule has 53 heavy (non-hydrogen) atoms. The summed E-state index contributed by atoms with van der Waals surface area (Å²) in [5.74, 6) is -1.31. The Labute approximate surface area is 316 Å². The largest absolute Gasteiger partial charge is 0.343 e. The molecular formula is C42H63N7O4. The molecule has 4 amide bonds. The number of likely N-dealkylation sites (tertiary alicyclic amines) is 2. The summed E-state index contributed by atoms with van der Waals surface area (Å²) in [6, 6.07) is 16.2. The van der Waals surface area contributed by atoms with Crippen LogP contribution < -0.4 is 27.4 Å². The monoisotopic (exact) mass is 729 g/mol. The number of hydrogen-bond donors (Lipinski definition) is 5. The lowest BCUT2D eigenvalue weighted by atomic mass is 9.60. The van der Waals surface area contributed by atoms with Crippen LogP contribution in [0.25, 0.3) is 0 Å². The smallest absolute Gasteiger partial charge is 0.245 e. The zero-order valence-electron chi connectivity index (χ0n) is 31.9. The molecule has 2 saturated heterocycles. The van der Waals surface area contributed by atoms with Crippen molar-refractivity contribution in [2.45, 2.75) is 121 Å². The van der Waals surface area contributed by atoms with Crippen LogP contribution >= 0.6 is 0 Å². The summed E-state index contributed by atoms with van der Waals surface area (Å²) in [6.45, 7) is 8.33. The van der Waals surface area contributed by atoms with Gasteiger partial charge in [-0.05, 0) is 113 Å². The molecule has 5 rings (SSSR count). The summed E-state index contributed by atoms with van der Waals surface area (Å²) in [5, 5.41) is 8.87. The predicted molar refractivity (Wildman–Crippen MR) is 208 cm³/mol. The predicted octanol–water partition coefficient (Wildman–Crippen LogP) is 3.30. The highest BCUT2D eigenvalue weighted by atomic mass is 16.2. The third kappa shape index (κ3) is 11.6. The molecule has 3 fully saturated rings. The highest BCUT2D eigenvalue weighted by Crippen LogP contribution is 2.51. The molecule has 0 unspecified atom stereocenters. The van der Waals surface area contributed by atoms with Crippen LogP contribution in [0.4, 0.5) is 0 Å². The van der Waals surface area contributed by atoms with Gasteiger partial charge in [-0.25, -0.2) is 0 Å². The number of piperidine rings is 1. The Morgan fingerprint density at radius 2 is 1.28 bits per heavy atom. The van der Waals surface area contributed by atoms with Crippen LogP contribution in [0.5, 0.6) is 0 Å². The molecule has 0 radical (unpaired) electrons. The Hall–Kier alpha value is -3.80. The SMILES string of the molecule is CC(C)C[C@@H](NC(=O)[C@@H](Cc1ccccc1)NC(=O)[C@H](N)Cc1ccccc1)C(=O)N[C@H](CCCCN)C(=O)N1CCC2(CC1)CC(N1CCCC1)C2. The van der Waals surface area contributed by atoms with Gasteiger partial charge in [0, 0.05) is 25.6 Å². The topological polar surface area (TPSA) is 163 Å². The zero-order valence-corrected chi connectivity index (χ0v) is 31.9. The summed E-state index contributed by atoms with van der Waals surface area (Å²) in [7, 11) is 0. The van der Waals surface area contributed by atoms with E-state index in [1.807, 2.05) is 79.4 Å². The Morgan fingerprint density at radius 3 is 1.87 bits per heavy atom. The first-order valence-corrected chi connectivity index (χ1v) is 20.0. The van der Waals surface area contributed by atoms with E-state index in [9.17, 15) is 19.2 Å². The fraction of sp³-hybridized carbons (Fsp3) is 0.619.